The normalized spacial score (nSPS) is 10.8. The molecule has 3 amide bonds. The molecule has 4 rings (SSSR count). The molecule has 2 aromatic heterocycles. The summed E-state index contributed by atoms with van der Waals surface area (Å²) in [5.41, 5.74) is 3.31. The number of carbonyl (C=O) groups excluding carboxylic acids is 3. The summed E-state index contributed by atoms with van der Waals surface area (Å²) in [6.07, 6.45) is 1.82. The number of hydrogen-bond donors (Lipinski definition) is 3. The predicted octanol–water partition coefficient (Wildman–Crippen LogP) is 3.63. The monoisotopic (exact) mass is 479 g/mol. The van der Waals surface area contributed by atoms with E-state index in [1.165, 1.54) is 30.4 Å². The molecule has 0 radical (unpaired) electrons. The summed E-state index contributed by atoms with van der Waals surface area (Å²) >= 11 is 1.27. The number of aryl methyl sites for hydroxylation is 1. The molecule has 174 valence electrons. The predicted molar refractivity (Wildman–Crippen MR) is 129 cm³/mol. The Balaban J connectivity index is 1.31. The maximum atomic E-state index is 13.2. The van der Waals surface area contributed by atoms with Gasteiger partial charge in [-0.15, -0.1) is 0 Å². The molecule has 0 aliphatic carbocycles. The maximum Gasteiger partial charge on any atom is 0.263 e. The van der Waals surface area contributed by atoms with Gasteiger partial charge >= 0.3 is 0 Å². The fourth-order valence-corrected chi connectivity index (χ4v) is 4.39. The minimum Gasteiger partial charge on any atom is -0.350 e. The lowest BCUT2D eigenvalue weighted by molar-refractivity contribution is -0.114. The van der Waals surface area contributed by atoms with Crippen LogP contribution in [0.25, 0.3) is 16.2 Å². The summed E-state index contributed by atoms with van der Waals surface area (Å²) in [5, 5.41) is 8.20. The first-order valence-corrected chi connectivity index (χ1v) is 11.3. The van der Waals surface area contributed by atoms with Crippen LogP contribution in [0.1, 0.15) is 32.6 Å². The first-order valence-electron chi connectivity index (χ1n) is 10.5. The molecular weight excluding hydrogens is 457 g/mol. The highest BCUT2D eigenvalue weighted by Gasteiger charge is 2.18. The zero-order valence-electron chi connectivity index (χ0n) is 18.5. The number of amides is 3. The molecule has 0 aliphatic rings. The van der Waals surface area contributed by atoms with Crippen LogP contribution < -0.4 is 16.0 Å². The van der Waals surface area contributed by atoms with Gasteiger partial charge in [0.15, 0.2) is 4.96 Å². The number of nitrogens with one attached hydrogen (secondary N) is 3. The highest BCUT2D eigenvalue weighted by atomic mass is 32.1. The number of thiazole rings is 1. The lowest BCUT2D eigenvalue weighted by atomic mass is 10.2. The molecule has 0 saturated heterocycles. The van der Waals surface area contributed by atoms with E-state index in [2.05, 4.69) is 20.9 Å². The zero-order valence-corrected chi connectivity index (χ0v) is 19.3. The second-order valence-electron chi connectivity index (χ2n) is 7.57. The van der Waals surface area contributed by atoms with E-state index in [1.807, 2.05) is 17.5 Å². The van der Waals surface area contributed by atoms with Crippen molar-refractivity contribution in [1.29, 1.82) is 0 Å². The van der Waals surface area contributed by atoms with Crippen molar-refractivity contribution in [2.45, 2.75) is 13.8 Å². The standard InChI is InChI=1S/C24H22FN5O3S/c1-14-21(34-24-29-20(13-30(14)24)16-3-7-18(25)8-4-16)23(33)27-12-11-26-22(32)17-5-9-19(10-6-17)28-15(2)31/h3-10,13H,11-12H2,1-2H3,(H,26,32)(H,27,33)(H,28,31). The first-order chi connectivity index (χ1) is 16.3. The van der Waals surface area contributed by atoms with Gasteiger partial charge in [0.05, 0.1) is 5.69 Å². The van der Waals surface area contributed by atoms with E-state index in [0.29, 0.717) is 26.8 Å². The lowest BCUT2D eigenvalue weighted by Gasteiger charge is -2.08. The van der Waals surface area contributed by atoms with E-state index in [4.69, 9.17) is 0 Å². The molecule has 2 heterocycles. The summed E-state index contributed by atoms with van der Waals surface area (Å²) < 4.78 is 15.0. The molecule has 8 nitrogen and oxygen atoms in total. The van der Waals surface area contributed by atoms with Gasteiger partial charge in [0.2, 0.25) is 5.91 Å². The average molecular weight is 480 g/mol. The van der Waals surface area contributed by atoms with Crippen molar-refractivity contribution in [3.05, 3.63) is 76.7 Å². The minimum absolute atomic E-state index is 0.185. The number of imidazole rings is 1. The fourth-order valence-electron chi connectivity index (χ4n) is 3.36. The van der Waals surface area contributed by atoms with Crippen LogP contribution in [0.3, 0.4) is 0 Å². The Morgan fingerprint density at radius 3 is 2.24 bits per heavy atom. The van der Waals surface area contributed by atoms with Crippen LogP contribution in [0.4, 0.5) is 10.1 Å². The van der Waals surface area contributed by atoms with E-state index in [-0.39, 0.29) is 36.6 Å². The van der Waals surface area contributed by atoms with Crippen molar-refractivity contribution in [2.24, 2.45) is 0 Å². The third-order valence-corrected chi connectivity index (χ3v) is 6.22. The molecular formula is C24H22FN5O3S. The van der Waals surface area contributed by atoms with E-state index >= 15 is 0 Å². The molecule has 34 heavy (non-hydrogen) atoms. The smallest absolute Gasteiger partial charge is 0.263 e. The Morgan fingerprint density at radius 1 is 0.971 bits per heavy atom. The molecule has 0 fully saturated rings. The van der Waals surface area contributed by atoms with Crippen LogP contribution in [0.5, 0.6) is 0 Å². The second-order valence-corrected chi connectivity index (χ2v) is 8.55. The van der Waals surface area contributed by atoms with Crippen LogP contribution in [0.15, 0.2) is 54.7 Å². The van der Waals surface area contributed by atoms with Gasteiger partial charge in [-0.25, -0.2) is 9.37 Å². The number of anilines is 1. The van der Waals surface area contributed by atoms with Gasteiger partial charge < -0.3 is 16.0 Å². The Bertz CT molecular complexity index is 1360. The summed E-state index contributed by atoms with van der Waals surface area (Å²) in [4.78, 5) is 41.7. The van der Waals surface area contributed by atoms with E-state index in [0.717, 1.165) is 11.3 Å². The van der Waals surface area contributed by atoms with Gasteiger partial charge in [0.25, 0.3) is 11.8 Å². The largest absolute Gasteiger partial charge is 0.350 e. The topological polar surface area (TPSA) is 105 Å². The Hall–Kier alpha value is -4.05. The van der Waals surface area contributed by atoms with Crippen LogP contribution in [-0.4, -0.2) is 40.2 Å². The molecule has 0 atom stereocenters. The number of fused-ring (bicyclic) bond motifs is 1. The number of rotatable bonds is 7. The minimum atomic E-state index is -0.309. The maximum absolute atomic E-state index is 13.2. The summed E-state index contributed by atoms with van der Waals surface area (Å²) in [7, 11) is 0. The molecule has 3 N–H and O–H groups in total. The summed E-state index contributed by atoms with van der Waals surface area (Å²) in [5.74, 6) is -1.01. The Kier molecular flexibility index (Phi) is 6.69. The van der Waals surface area contributed by atoms with Gasteiger partial charge in [0, 0.05) is 48.7 Å². The molecule has 4 aromatic rings. The molecule has 2 aromatic carbocycles. The average Bonchev–Trinajstić information content (AvgIpc) is 3.36. The number of benzene rings is 2. The number of hydrogen-bond acceptors (Lipinski definition) is 5. The third kappa shape index (κ3) is 5.12. The van der Waals surface area contributed by atoms with Gasteiger partial charge in [-0.05, 0) is 55.5 Å². The Morgan fingerprint density at radius 2 is 1.62 bits per heavy atom. The summed E-state index contributed by atoms with van der Waals surface area (Å²) in [6.45, 7) is 3.76. The zero-order chi connectivity index (χ0) is 24.2. The molecule has 0 spiro atoms. The van der Waals surface area contributed by atoms with Gasteiger partial charge in [-0.3, -0.25) is 18.8 Å². The summed E-state index contributed by atoms with van der Waals surface area (Å²) in [6, 6.07) is 12.6. The lowest BCUT2D eigenvalue weighted by Crippen LogP contribution is -2.34. The third-order valence-electron chi connectivity index (χ3n) is 5.07. The van der Waals surface area contributed by atoms with Crippen LogP contribution in [0.2, 0.25) is 0 Å². The van der Waals surface area contributed by atoms with Crippen LogP contribution in [0, 0.1) is 12.7 Å². The number of carbonyl (C=O) groups is 3. The van der Waals surface area contributed by atoms with Crippen molar-refractivity contribution in [1.82, 2.24) is 20.0 Å². The van der Waals surface area contributed by atoms with Crippen molar-refractivity contribution in [3.8, 4) is 11.3 Å². The molecule has 0 unspecified atom stereocenters. The highest BCUT2D eigenvalue weighted by Crippen LogP contribution is 2.27. The van der Waals surface area contributed by atoms with Gasteiger partial charge in [-0.2, -0.15) is 0 Å². The van der Waals surface area contributed by atoms with Gasteiger partial charge in [-0.1, -0.05) is 11.3 Å². The molecule has 10 heteroatoms. The number of nitrogens with zero attached hydrogens (tertiary/aromatic N) is 2. The SMILES string of the molecule is CC(=O)Nc1ccc(C(=O)NCCNC(=O)c2sc3nc(-c4ccc(F)cc4)cn3c2C)cc1. The molecule has 0 aliphatic heterocycles. The van der Waals surface area contributed by atoms with Crippen molar-refractivity contribution in [3.63, 3.8) is 0 Å². The van der Waals surface area contributed by atoms with Crippen LogP contribution >= 0.6 is 11.3 Å². The molecule has 0 saturated carbocycles. The van der Waals surface area contributed by atoms with Gasteiger partial charge in [0.1, 0.15) is 10.7 Å². The second kappa shape index (κ2) is 9.84. The molecule has 0 bridgehead atoms. The fraction of sp³-hybridized carbons (Fsp3) is 0.167. The number of aromatic nitrogens is 2. The van der Waals surface area contributed by atoms with E-state index in [9.17, 15) is 18.8 Å². The highest BCUT2D eigenvalue weighted by molar-refractivity contribution is 7.19. The van der Waals surface area contributed by atoms with Crippen molar-refractivity contribution in [2.75, 3.05) is 18.4 Å². The van der Waals surface area contributed by atoms with Crippen LogP contribution in [-0.2, 0) is 4.79 Å². The van der Waals surface area contributed by atoms with E-state index < -0.39 is 0 Å². The Labute approximate surface area is 198 Å². The van der Waals surface area contributed by atoms with Crippen molar-refractivity contribution >= 4 is 39.7 Å². The van der Waals surface area contributed by atoms with E-state index in [1.54, 1.807) is 36.4 Å². The number of halogens is 1. The quantitative estimate of drug-likeness (QED) is 0.352. The first kappa shape index (κ1) is 23.1. The van der Waals surface area contributed by atoms with Crippen molar-refractivity contribution < 1.29 is 18.8 Å².